The quantitative estimate of drug-likeness (QED) is 0.380. The van der Waals surface area contributed by atoms with E-state index in [9.17, 15) is 13.6 Å². The zero-order valence-electron chi connectivity index (χ0n) is 15.3. The first-order chi connectivity index (χ1) is 14.3. The van der Waals surface area contributed by atoms with E-state index in [0.29, 0.717) is 22.6 Å². The van der Waals surface area contributed by atoms with E-state index in [2.05, 4.69) is 15.1 Å². The number of halogens is 4. The lowest BCUT2D eigenvalue weighted by Crippen LogP contribution is -2.08. The van der Waals surface area contributed by atoms with Crippen LogP contribution in [-0.4, -0.2) is 32.4 Å². The van der Waals surface area contributed by atoms with Crippen molar-refractivity contribution in [3.05, 3.63) is 52.3 Å². The second kappa shape index (κ2) is 7.66. The van der Waals surface area contributed by atoms with Gasteiger partial charge >= 0.3 is 0 Å². The smallest absolute Gasteiger partial charge is 0.278 e. The minimum atomic E-state index is -3.06. The lowest BCUT2D eigenvalue weighted by molar-refractivity contribution is -0.109. The summed E-state index contributed by atoms with van der Waals surface area (Å²) in [6.45, 7) is 0.690. The number of aldehydes is 1. The molecule has 0 amide bonds. The Kier molecular flexibility index (Phi) is 5.17. The Bertz CT molecular complexity index is 1250. The first kappa shape index (κ1) is 20.2. The predicted molar refractivity (Wildman–Crippen MR) is 105 cm³/mol. The maximum Gasteiger partial charge on any atom is 0.278 e. The number of alkyl halides is 2. The van der Waals surface area contributed by atoms with Gasteiger partial charge in [-0.3, -0.25) is 4.79 Å². The number of hydrogen-bond acceptors (Lipinski definition) is 6. The van der Waals surface area contributed by atoms with Gasteiger partial charge in [-0.05, 0) is 24.3 Å². The van der Waals surface area contributed by atoms with Crippen LogP contribution in [-0.2, 0) is 10.7 Å². The Morgan fingerprint density at radius 1 is 1.20 bits per heavy atom. The normalized spacial score (nSPS) is 11.8. The number of carbonyl (C=O) groups excluding carboxylic acids is 1. The minimum Gasteiger partial charge on any atom is -0.486 e. The van der Waals surface area contributed by atoms with Gasteiger partial charge in [0.2, 0.25) is 5.82 Å². The lowest BCUT2D eigenvalue weighted by atomic mass is 10.2. The molecular formula is C19H12Cl2F2N4O3. The topological polar surface area (TPSA) is 82.5 Å². The molecule has 0 radical (unpaired) electrons. The maximum atomic E-state index is 13.6. The molecule has 4 aromatic rings. The van der Waals surface area contributed by atoms with Gasteiger partial charge in [0.1, 0.15) is 18.1 Å². The van der Waals surface area contributed by atoms with Crippen LogP contribution in [0.2, 0.25) is 10.0 Å². The molecule has 0 spiro atoms. The van der Waals surface area contributed by atoms with Crippen molar-refractivity contribution in [1.29, 1.82) is 0 Å². The van der Waals surface area contributed by atoms with E-state index >= 15 is 0 Å². The van der Waals surface area contributed by atoms with Gasteiger partial charge in [-0.15, -0.1) is 0 Å². The Hall–Kier alpha value is -3.04. The number of ether oxygens (including phenoxy) is 1. The van der Waals surface area contributed by atoms with E-state index in [1.165, 1.54) is 28.9 Å². The fourth-order valence-corrected chi connectivity index (χ4v) is 3.25. The molecule has 0 atom stereocenters. The molecule has 0 aliphatic heterocycles. The molecule has 0 aliphatic carbocycles. The van der Waals surface area contributed by atoms with E-state index in [1.807, 2.05) is 0 Å². The van der Waals surface area contributed by atoms with Crippen LogP contribution in [0.3, 0.4) is 0 Å². The van der Waals surface area contributed by atoms with Crippen LogP contribution in [0.15, 0.2) is 41.2 Å². The molecule has 30 heavy (non-hydrogen) atoms. The molecule has 3 aromatic heterocycles. The Morgan fingerprint density at radius 2 is 2.00 bits per heavy atom. The van der Waals surface area contributed by atoms with Crippen molar-refractivity contribution in [1.82, 2.24) is 19.5 Å². The number of hydrogen-bond donors (Lipinski definition) is 0. The monoisotopic (exact) mass is 452 g/mol. The SMILES string of the molecule is CC(F)(F)c1cc(Cl)c2nc(-c3nc(-c4ccc(OCC=O)cc4Cl)no3)cn2c1. The summed E-state index contributed by atoms with van der Waals surface area (Å²) in [6.07, 6.45) is 3.33. The summed E-state index contributed by atoms with van der Waals surface area (Å²) in [5, 5.41) is 4.25. The lowest BCUT2D eigenvalue weighted by Gasteiger charge is -2.11. The predicted octanol–water partition coefficient (Wildman–Crippen LogP) is 5.05. The minimum absolute atomic E-state index is 0.0620. The standard InChI is InChI=1S/C19H12Cl2F2N4O3/c1-19(22,23)10-6-14(21)17-24-15(9-27(17)8-10)18-25-16(26-30-18)12-3-2-11(7-13(12)20)29-5-4-28/h2-4,6-9H,5H2,1H3. The van der Waals surface area contributed by atoms with Gasteiger partial charge in [-0.1, -0.05) is 28.4 Å². The fraction of sp³-hybridized carbons (Fsp3) is 0.158. The van der Waals surface area contributed by atoms with E-state index in [4.69, 9.17) is 32.5 Å². The highest BCUT2D eigenvalue weighted by atomic mass is 35.5. The van der Waals surface area contributed by atoms with Crippen LogP contribution >= 0.6 is 23.2 Å². The highest BCUT2D eigenvalue weighted by molar-refractivity contribution is 6.33. The van der Waals surface area contributed by atoms with Crippen LogP contribution in [0.5, 0.6) is 5.75 Å². The fourth-order valence-electron chi connectivity index (χ4n) is 2.73. The average molecular weight is 453 g/mol. The first-order valence-electron chi connectivity index (χ1n) is 8.53. The number of benzene rings is 1. The molecule has 0 unspecified atom stereocenters. The second-order valence-corrected chi connectivity index (χ2v) is 7.18. The summed E-state index contributed by atoms with van der Waals surface area (Å²) in [6, 6.07) is 5.92. The number of carbonyl (C=O) groups is 1. The number of pyridine rings is 1. The van der Waals surface area contributed by atoms with Crippen molar-refractivity contribution in [3.63, 3.8) is 0 Å². The third-order valence-electron chi connectivity index (χ3n) is 4.16. The highest BCUT2D eigenvalue weighted by Gasteiger charge is 2.26. The Balaban J connectivity index is 1.68. The van der Waals surface area contributed by atoms with Crippen molar-refractivity contribution in [3.8, 4) is 28.7 Å². The third-order valence-corrected chi connectivity index (χ3v) is 4.75. The van der Waals surface area contributed by atoms with Gasteiger partial charge in [0.05, 0.1) is 10.0 Å². The van der Waals surface area contributed by atoms with Gasteiger partial charge in [0, 0.05) is 30.4 Å². The molecule has 11 heteroatoms. The van der Waals surface area contributed by atoms with Crippen LogP contribution in [0.1, 0.15) is 12.5 Å². The molecule has 1 aromatic carbocycles. The number of imidazole rings is 1. The van der Waals surface area contributed by atoms with Crippen molar-refractivity contribution >= 4 is 35.1 Å². The number of aromatic nitrogens is 4. The second-order valence-electron chi connectivity index (χ2n) is 6.36. The molecule has 0 bridgehead atoms. The van der Waals surface area contributed by atoms with Crippen molar-refractivity contribution < 1.29 is 22.8 Å². The van der Waals surface area contributed by atoms with E-state index in [1.54, 1.807) is 12.1 Å². The molecule has 3 heterocycles. The third kappa shape index (κ3) is 3.86. The van der Waals surface area contributed by atoms with Gasteiger partial charge in [-0.25, -0.2) is 13.8 Å². The maximum absolute atomic E-state index is 13.6. The molecule has 0 saturated heterocycles. The first-order valence-corrected chi connectivity index (χ1v) is 9.29. The molecule has 4 rings (SSSR count). The van der Waals surface area contributed by atoms with Crippen LogP contribution in [0.4, 0.5) is 8.78 Å². The highest BCUT2D eigenvalue weighted by Crippen LogP contribution is 2.33. The molecular weight excluding hydrogens is 441 g/mol. The van der Waals surface area contributed by atoms with Gasteiger partial charge in [0.25, 0.3) is 11.8 Å². The molecule has 7 nitrogen and oxygen atoms in total. The molecule has 0 fully saturated rings. The van der Waals surface area contributed by atoms with E-state index in [0.717, 1.165) is 6.92 Å². The number of nitrogens with zero attached hydrogens (tertiary/aromatic N) is 4. The van der Waals surface area contributed by atoms with E-state index in [-0.39, 0.29) is 40.2 Å². The zero-order valence-corrected chi connectivity index (χ0v) is 16.8. The van der Waals surface area contributed by atoms with Crippen molar-refractivity contribution in [2.45, 2.75) is 12.8 Å². The van der Waals surface area contributed by atoms with Crippen LogP contribution in [0, 0.1) is 0 Å². The van der Waals surface area contributed by atoms with E-state index < -0.39 is 5.92 Å². The summed E-state index contributed by atoms with van der Waals surface area (Å²) in [5.41, 5.74) is 0.752. The van der Waals surface area contributed by atoms with Gasteiger partial charge < -0.3 is 13.7 Å². The molecule has 154 valence electrons. The molecule has 0 saturated carbocycles. The summed E-state index contributed by atoms with van der Waals surface area (Å²) in [5.74, 6) is -2.39. The number of rotatable bonds is 6. The summed E-state index contributed by atoms with van der Waals surface area (Å²) >= 11 is 12.4. The van der Waals surface area contributed by atoms with Crippen LogP contribution in [0.25, 0.3) is 28.6 Å². The van der Waals surface area contributed by atoms with Crippen molar-refractivity contribution in [2.75, 3.05) is 6.61 Å². The van der Waals surface area contributed by atoms with Crippen LogP contribution < -0.4 is 4.74 Å². The Morgan fingerprint density at radius 3 is 2.70 bits per heavy atom. The van der Waals surface area contributed by atoms with Crippen molar-refractivity contribution in [2.24, 2.45) is 0 Å². The molecule has 0 aliphatic rings. The summed E-state index contributed by atoms with van der Waals surface area (Å²) in [4.78, 5) is 19.0. The summed E-state index contributed by atoms with van der Waals surface area (Å²) in [7, 11) is 0. The molecule has 0 N–H and O–H groups in total. The largest absolute Gasteiger partial charge is 0.486 e. The summed E-state index contributed by atoms with van der Waals surface area (Å²) < 4.78 is 39.1. The average Bonchev–Trinajstić information content (AvgIpc) is 3.33. The van der Waals surface area contributed by atoms with Gasteiger partial charge in [-0.2, -0.15) is 4.98 Å². The Labute approximate surface area is 178 Å². The number of fused-ring (bicyclic) bond motifs is 1. The zero-order chi connectivity index (χ0) is 21.5. The van der Waals surface area contributed by atoms with Gasteiger partial charge in [0.15, 0.2) is 11.9 Å².